The summed E-state index contributed by atoms with van der Waals surface area (Å²) in [4.78, 5) is 25.9. The molecule has 0 spiro atoms. The summed E-state index contributed by atoms with van der Waals surface area (Å²) in [6.07, 6.45) is 5.45. The van der Waals surface area contributed by atoms with Crippen LogP contribution in [0.25, 0.3) is 0 Å². The molecule has 1 aromatic rings. The van der Waals surface area contributed by atoms with E-state index in [1.54, 1.807) is 9.21 Å². The summed E-state index contributed by atoms with van der Waals surface area (Å²) < 4.78 is 28.0. The van der Waals surface area contributed by atoms with Crippen molar-refractivity contribution in [1.82, 2.24) is 14.5 Å². The Hall–Kier alpha value is -2.19. The highest BCUT2D eigenvalue weighted by molar-refractivity contribution is 7.89. The van der Waals surface area contributed by atoms with Crippen molar-refractivity contribution in [2.75, 3.05) is 26.2 Å². The first-order chi connectivity index (χ1) is 14.9. The number of nitrogens with one attached hydrogen (secondary N) is 1. The van der Waals surface area contributed by atoms with Gasteiger partial charge in [-0.2, -0.15) is 0 Å². The molecule has 2 heterocycles. The van der Waals surface area contributed by atoms with Crippen LogP contribution in [0.2, 0.25) is 0 Å². The maximum Gasteiger partial charge on any atom is 0.243 e. The zero-order valence-corrected chi connectivity index (χ0v) is 18.9. The predicted octanol–water partition coefficient (Wildman–Crippen LogP) is 2.10. The van der Waals surface area contributed by atoms with Crippen LogP contribution < -0.4 is 5.32 Å². The molecule has 0 aromatic heterocycles. The van der Waals surface area contributed by atoms with Gasteiger partial charge in [-0.05, 0) is 50.2 Å². The molecule has 2 aliphatic heterocycles. The summed E-state index contributed by atoms with van der Waals surface area (Å²) in [7, 11) is -3.41. The standard InChI is InChI=1S/C23H33N3O4S/c1-2-22(27)24-20-9-6-15-26(18-12-20)31(29,30)21-13-16-25(17-14-21)23(28)11-10-19-7-4-3-5-8-19/h2-5,7-8,20-21H,1,6,9-18H2,(H,24,27). The average molecular weight is 448 g/mol. The van der Waals surface area contributed by atoms with Gasteiger partial charge < -0.3 is 10.2 Å². The number of nitrogens with zero attached hydrogens (tertiary/aromatic N) is 2. The highest BCUT2D eigenvalue weighted by Gasteiger charge is 2.36. The molecule has 0 radical (unpaired) electrons. The smallest absolute Gasteiger partial charge is 0.243 e. The molecule has 8 heteroatoms. The highest BCUT2D eigenvalue weighted by Crippen LogP contribution is 2.24. The van der Waals surface area contributed by atoms with Crippen LogP contribution in [0.4, 0.5) is 0 Å². The van der Waals surface area contributed by atoms with Gasteiger partial charge >= 0.3 is 0 Å². The number of piperidine rings is 1. The molecule has 170 valence electrons. The molecule has 7 nitrogen and oxygen atoms in total. The maximum absolute atomic E-state index is 13.2. The molecule has 1 atom stereocenters. The van der Waals surface area contributed by atoms with E-state index in [4.69, 9.17) is 0 Å². The van der Waals surface area contributed by atoms with Gasteiger partial charge in [-0.25, -0.2) is 12.7 Å². The summed E-state index contributed by atoms with van der Waals surface area (Å²) in [5.74, 6) is -0.124. The van der Waals surface area contributed by atoms with Crippen molar-refractivity contribution < 1.29 is 18.0 Å². The van der Waals surface area contributed by atoms with Crippen LogP contribution in [0.3, 0.4) is 0 Å². The molecule has 31 heavy (non-hydrogen) atoms. The van der Waals surface area contributed by atoms with Gasteiger partial charge in [0.05, 0.1) is 5.25 Å². The Bertz CT molecular complexity index is 864. The van der Waals surface area contributed by atoms with Crippen LogP contribution in [0, 0.1) is 0 Å². The van der Waals surface area contributed by atoms with Gasteiger partial charge in [-0.3, -0.25) is 9.59 Å². The topological polar surface area (TPSA) is 86.8 Å². The number of carbonyl (C=O) groups is 2. The Labute approximate surface area is 185 Å². The first-order valence-corrected chi connectivity index (χ1v) is 12.6. The van der Waals surface area contributed by atoms with Gasteiger partial charge in [-0.15, -0.1) is 0 Å². The van der Waals surface area contributed by atoms with Crippen molar-refractivity contribution in [3.8, 4) is 0 Å². The molecule has 1 N–H and O–H groups in total. The normalized spacial score (nSPS) is 21.3. The number of rotatable bonds is 7. The Morgan fingerprint density at radius 2 is 1.74 bits per heavy atom. The van der Waals surface area contributed by atoms with Crippen molar-refractivity contribution in [1.29, 1.82) is 0 Å². The summed E-state index contributed by atoms with van der Waals surface area (Å²) in [5.41, 5.74) is 1.14. The average Bonchev–Trinajstić information content (AvgIpc) is 3.04. The lowest BCUT2D eigenvalue weighted by Gasteiger charge is -2.34. The molecule has 0 aliphatic carbocycles. The zero-order chi connectivity index (χ0) is 22.3. The van der Waals surface area contributed by atoms with E-state index in [9.17, 15) is 18.0 Å². The van der Waals surface area contributed by atoms with E-state index in [0.717, 1.165) is 18.4 Å². The lowest BCUT2D eigenvalue weighted by atomic mass is 10.1. The molecule has 2 fully saturated rings. The van der Waals surface area contributed by atoms with E-state index in [-0.39, 0.29) is 17.9 Å². The van der Waals surface area contributed by atoms with Crippen molar-refractivity contribution >= 4 is 21.8 Å². The molecule has 2 aliphatic rings. The second-order valence-corrected chi connectivity index (χ2v) is 10.6. The SMILES string of the molecule is C=CC(=O)NC1CCCN(S(=O)(=O)C2CCN(C(=O)CCc3ccccc3)CC2)CC1. The highest BCUT2D eigenvalue weighted by atomic mass is 32.2. The molecule has 0 saturated carbocycles. The largest absolute Gasteiger partial charge is 0.350 e. The molecular formula is C23H33N3O4S. The number of carbonyl (C=O) groups excluding carboxylic acids is 2. The first kappa shape index (κ1) is 23.5. The first-order valence-electron chi connectivity index (χ1n) is 11.1. The van der Waals surface area contributed by atoms with Gasteiger partial charge in [0.25, 0.3) is 0 Å². The van der Waals surface area contributed by atoms with Crippen LogP contribution in [0.15, 0.2) is 43.0 Å². The van der Waals surface area contributed by atoms with Crippen molar-refractivity contribution in [2.24, 2.45) is 0 Å². The summed E-state index contributed by atoms with van der Waals surface area (Å²) >= 11 is 0. The molecule has 0 bridgehead atoms. The third kappa shape index (κ3) is 6.40. The third-order valence-corrected chi connectivity index (χ3v) is 8.66. The molecule has 2 amide bonds. The Balaban J connectivity index is 1.48. The minimum atomic E-state index is -3.41. The molecule has 1 aromatic carbocycles. The van der Waals surface area contributed by atoms with Crippen molar-refractivity contribution in [3.05, 3.63) is 48.6 Å². The number of benzene rings is 1. The third-order valence-electron chi connectivity index (χ3n) is 6.27. The van der Waals surface area contributed by atoms with Crippen molar-refractivity contribution in [2.45, 2.75) is 56.2 Å². The van der Waals surface area contributed by atoms with E-state index in [1.165, 1.54) is 6.08 Å². The number of hydrogen-bond acceptors (Lipinski definition) is 4. The summed E-state index contributed by atoms with van der Waals surface area (Å²) in [5, 5.41) is 2.44. The van der Waals surface area contributed by atoms with Crippen LogP contribution in [-0.4, -0.2) is 66.9 Å². The summed E-state index contributed by atoms with van der Waals surface area (Å²) in [6.45, 7) is 5.35. The quantitative estimate of drug-likeness (QED) is 0.649. The van der Waals surface area contributed by atoms with Crippen LogP contribution in [0.5, 0.6) is 0 Å². The predicted molar refractivity (Wildman–Crippen MR) is 121 cm³/mol. The fraction of sp³-hybridized carbons (Fsp3) is 0.565. The Morgan fingerprint density at radius 3 is 2.42 bits per heavy atom. The van der Waals surface area contributed by atoms with Crippen LogP contribution in [-0.2, 0) is 26.0 Å². The van der Waals surface area contributed by atoms with E-state index in [0.29, 0.717) is 58.3 Å². The van der Waals surface area contributed by atoms with Gasteiger partial charge in [0.2, 0.25) is 21.8 Å². The number of aryl methyl sites for hydroxylation is 1. The van der Waals surface area contributed by atoms with E-state index in [1.807, 2.05) is 30.3 Å². The molecular weight excluding hydrogens is 414 g/mol. The Kier molecular flexibility index (Phi) is 8.26. The number of likely N-dealkylation sites (tertiary alicyclic amines) is 1. The number of amides is 2. The summed E-state index contributed by atoms with van der Waals surface area (Å²) in [6, 6.07) is 9.90. The lowest BCUT2D eigenvalue weighted by molar-refractivity contribution is -0.132. The second-order valence-electron chi connectivity index (χ2n) is 8.35. The van der Waals surface area contributed by atoms with E-state index < -0.39 is 15.3 Å². The minimum Gasteiger partial charge on any atom is -0.350 e. The fourth-order valence-electron chi connectivity index (χ4n) is 4.40. The second kappa shape index (κ2) is 10.9. The molecule has 3 rings (SSSR count). The molecule has 1 unspecified atom stereocenters. The molecule has 2 saturated heterocycles. The maximum atomic E-state index is 13.2. The lowest BCUT2D eigenvalue weighted by Crippen LogP contribution is -2.47. The van der Waals surface area contributed by atoms with E-state index >= 15 is 0 Å². The van der Waals surface area contributed by atoms with Gasteiger partial charge in [0, 0.05) is 38.6 Å². The van der Waals surface area contributed by atoms with Crippen LogP contribution in [0.1, 0.15) is 44.1 Å². The van der Waals surface area contributed by atoms with Gasteiger partial charge in [0.15, 0.2) is 0 Å². The monoisotopic (exact) mass is 447 g/mol. The van der Waals surface area contributed by atoms with Gasteiger partial charge in [-0.1, -0.05) is 36.9 Å². The zero-order valence-electron chi connectivity index (χ0n) is 18.0. The fourth-order valence-corrected chi connectivity index (χ4v) is 6.37. The van der Waals surface area contributed by atoms with Crippen LogP contribution >= 0.6 is 0 Å². The number of sulfonamides is 1. The van der Waals surface area contributed by atoms with Gasteiger partial charge in [0.1, 0.15) is 0 Å². The van der Waals surface area contributed by atoms with E-state index in [2.05, 4.69) is 11.9 Å². The minimum absolute atomic E-state index is 0.0187. The number of hydrogen-bond donors (Lipinski definition) is 1. The van der Waals surface area contributed by atoms with Crippen molar-refractivity contribution in [3.63, 3.8) is 0 Å². The Morgan fingerprint density at radius 1 is 1.03 bits per heavy atom.